The van der Waals surface area contributed by atoms with Crippen LogP contribution in [0.15, 0.2) is 35.9 Å². The SMILES string of the molecule is CCCC(=O)Nc1cccc(N(CC=CCl)CCC#N)c1. The molecule has 112 valence electrons. The van der Waals surface area contributed by atoms with Crippen LogP contribution < -0.4 is 10.2 Å². The van der Waals surface area contributed by atoms with Gasteiger partial charge in [0.1, 0.15) is 0 Å². The van der Waals surface area contributed by atoms with Gasteiger partial charge in [-0.15, -0.1) is 0 Å². The Morgan fingerprint density at radius 3 is 3.00 bits per heavy atom. The van der Waals surface area contributed by atoms with Crippen molar-refractivity contribution in [3.63, 3.8) is 0 Å². The molecule has 0 aliphatic carbocycles. The van der Waals surface area contributed by atoms with E-state index < -0.39 is 0 Å². The predicted molar refractivity (Wildman–Crippen MR) is 87.4 cm³/mol. The number of nitrogens with one attached hydrogen (secondary N) is 1. The highest BCUT2D eigenvalue weighted by atomic mass is 35.5. The van der Waals surface area contributed by atoms with Crippen LogP contribution in [0.3, 0.4) is 0 Å². The minimum Gasteiger partial charge on any atom is -0.367 e. The molecule has 0 fully saturated rings. The maximum absolute atomic E-state index is 11.6. The summed E-state index contributed by atoms with van der Waals surface area (Å²) in [6.07, 6.45) is 3.58. The van der Waals surface area contributed by atoms with Gasteiger partial charge in [0.05, 0.1) is 12.5 Å². The Hall–Kier alpha value is -1.99. The third kappa shape index (κ3) is 6.33. The zero-order chi connectivity index (χ0) is 15.5. The van der Waals surface area contributed by atoms with Crippen molar-refractivity contribution in [2.45, 2.75) is 26.2 Å². The molecule has 4 nitrogen and oxygen atoms in total. The van der Waals surface area contributed by atoms with Crippen molar-refractivity contribution in [3.05, 3.63) is 35.9 Å². The van der Waals surface area contributed by atoms with E-state index in [0.29, 0.717) is 25.9 Å². The van der Waals surface area contributed by atoms with Crippen molar-refractivity contribution >= 4 is 28.9 Å². The number of carbonyl (C=O) groups excluding carboxylic acids is 1. The van der Waals surface area contributed by atoms with Crippen LogP contribution in [-0.4, -0.2) is 19.0 Å². The molecule has 0 spiro atoms. The largest absolute Gasteiger partial charge is 0.367 e. The molecule has 1 N–H and O–H groups in total. The van der Waals surface area contributed by atoms with E-state index in [0.717, 1.165) is 17.8 Å². The lowest BCUT2D eigenvalue weighted by atomic mass is 10.2. The lowest BCUT2D eigenvalue weighted by molar-refractivity contribution is -0.116. The Bertz CT molecular complexity index is 522. The number of benzene rings is 1. The van der Waals surface area contributed by atoms with Gasteiger partial charge in [-0.2, -0.15) is 5.26 Å². The van der Waals surface area contributed by atoms with Crippen LogP contribution in [-0.2, 0) is 4.79 Å². The summed E-state index contributed by atoms with van der Waals surface area (Å²) in [7, 11) is 0. The molecule has 0 atom stereocenters. The second kappa shape index (κ2) is 9.84. The van der Waals surface area contributed by atoms with E-state index in [2.05, 4.69) is 11.4 Å². The van der Waals surface area contributed by atoms with Crippen molar-refractivity contribution in [1.29, 1.82) is 5.26 Å². The van der Waals surface area contributed by atoms with Gasteiger partial charge in [0.25, 0.3) is 0 Å². The van der Waals surface area contributed by atoms with Crippen molar-refractivity contribution in [2.75, 3.05) is 23.3 Å². The molecule has 5 heteroatoms. The average Bonchev–Trinajstić information content (AvgIpc) is 2.48. The van der Waals surface area contributed by atoms with Crippen molar-refractivity contribution in [3.8, 4) is 6.07 Å². The van der Waals surface area contributed by atoms with Gasteiger partial charge in [0.15, 0.2) is 0 Å². The Balaban J connectivity index is 2.83. The monoisotopic (exact) mass is 305 g/mol. The van der Waals surface area contributed by atoms with Crippen LogP contribution in [0.5, 0.6) is 0 Å². The molecule has 0 bridgehead atoms. The summed E-state index contributed by atoms with van der Waals surface area (Å²) in [5.74, 6) is 0.0129. The van der Waals surface area contributed by atoms with Crippen LogP contribution in [0.1, 0.15) is 26.2 Å². The Kier molecular flexibility index (Phi) is 8.00. The fourth-order valence-corrected chi connectivity index (χ4v) is 1.99. The lowest BCUT2D eigenvalue weighted by Crippen LogP contribution is -2.24. The normalized spacial score (nSPS) is 10.3. The highest BCUT2D eigenvalue weighted by Crippen LogP contribution is 2.20. The molecule has 0 aliphatic rings. The molecular formula is C16H20ClN3O. The summed E-state index contributed by atoms with van der Waals surface area (Å²) < 4.78 is 0. The summed E-state index contributed by atoms with van der Waals surface area (Å²) >= 11 is 5.57. The van der Waals surface area contributed by atoms with E-state index >= 15 is 0 Å². The van der Waals surface area contributed by atoms with E-state index in [1.807, 2.05) is 42.2 Å². The van der Waals surface area contributed by atoms with Crippen molar-refractivity contribution in [2.24, 2.45) is 0 Å². The highest BCUT2D eigenvalue weighted by Gasteiger charge is 2.07. The number of anilines is 2. The van der Waals surface area contributed by atoms with Gasteiger partial charge in [-0.1, -0.05) is 30.7 Å². The summed E-state index contributed by atoms with van der Waals surface area (Å²) in [6, 6.07) is 9.75. The molecule has 0 unspecified atom stereocenters. The fraction of sp³-hybridized carbons (Fsp3) is 0.375. The van der Waals surface area contributed by atoms with E-state index in [4.69, 9.17) is 16.9 Å². The van der Waals surface area contributed by atoms with Gasteiger partial charge >= 0.3 is 0 Å². The fourth-order valence-electron chi connectivity index (χ4n) is 1.91. The third-order valence-electron chi connectivity index (χ3n) is 2.88. The first-order chi connectivity index (χ1) is 10.2. The van der Waals surface area contributed by atoms with Crippen molar-refractivity contribution < 1.29 is 4.79 Å². The summed E-state index contributed by atoms with van der Waals surface area (Å²) in [6.45, 7) is 3.21. The molecular weight excluding hydrogens is 286 g/mol. The standard InChI is InChI=1S/C16H20ClN3O/c1-2-6-16(21)19-14-7-3-8-15(13-14)20(11-4-9-17)12-5-10-18/h3-4,7-9,13H,2,5-6,11-12H2,1H3,(H,19,21). The zero-order valence-corrected chi connectivity index (χ0v) is 12.9. The Morgan fingerprint density at radius 1 is 1.52 bits per heavy atom. The first-order valence-electron chi connectivity index (χ1n) is 6.98. The van der Waals surface area contributed by atoms with E-state index in [9.17, 15) is 4.79 Å². The maximum Gasteiger partial charge on any atom is 0.224 e. The molecule has 1 aromatic carbocycles. The van der Waals surface area contributed by atoms with Crippen molar-refractivity contribution in [1.82, 2.24) is 0 Å². The number of nitriles is 1. The minimum atomic E-state index is 0.0129. The number of hydrogen-bond acceptors (Lipinski definition) is 3. The predicted octanol–water partition coefficient (Wildman–Crippen LogP) is 3.90. The number of nitrogens with zero attached hydrogens (tertiary/aromatic N) is 2. The first-order valence-corrected chi connectivity index (χ1v) is 7.42. The quantitative estimate of drug-likeness (QED) is 0.792. The smallest absolute Gasteiger partial charge is 0.224 e. The van der Waals surface area contributed by atoms with Crippen LogP contribution in [0.25, 0.3) is 0 Å². The minimum absolute atomic E-state index is 0.0129. The molecule has 1 aromatic rings. The van der Waals surface area contributed by atoms with Gasteiger partial charge < -0.3 is 10.2 Å². The summed E-state index contributed by atoms with van der Waals surface area (Å²) in [5.41, 5.74) is 3.18. The third-order valence-corrected chi connectivity index (χ3v) is 3.06. The van der Waals surface area contributed by atoms with Crippen LogP contribution in [0.4, 0.5) is 11.4 Å². The second-order valence-corrected chi connectivity index (χ2v) is 4.82. The van der Waals surface area contributed by atoms with Gasteiger partial charge in [0.2, 0.25) is 5.91 Å². The molecule has 21 heavy (non-hydrogen) atoms. The first kappa shape index (κ1) is 17.1. The molecule has 0 saturated heterocycles. The zero-order valence-electron chi connectivity index (χ0n) is 12.2. The number of hydrogen-bond donors (Lipinski definition) is 1. The number of carbonyl (C=O) groups is 1. The lowest BCUT2D eigenvalue weighted by Gasteiger charge is -2.22. The van der Waals surface area contributed by atoms with Crippen LogP contribution in [0, 0.1) is 11.3 Å². The average molecular weight is 306 g/mol. The topological polar surface area (TPSA) is 56.1 Å². The van der Waals surface area contributed by atoms with Gasteiger partial charge in [0, 0.05) is 36.4 Å². The van der Waals surface area contributed by atoms with E-state index in [1.54, 1.807) is 0 Å². The molecule has 0 heterocycles. The maximum atomic E-state index is 11.6. The van der Waals surface area contributed by atoms with Crippen LogP contribution in [0.2, 0.25) is 0 Å². The number of halogens is 1. The summed E-state index contributed by atoms with van der Waals surface area (Å²) in [5, 5.41) is 11.6. The molecule has 0 saturated carbocycles. The Labute approximate surface area is 131 Å². The molecule has 0 aliphatic heterocycles. The van der Waals surface area contributed by atoms with Gasteiger partial charge in [-0.25, -0.2) is 0 Å². The number of rotatable bonds is 8. The van der Waals surface area contributed by atoms with E-state index in [-0.39, 0.29) is 5.91 Å². The van der Waals surface area contributed by atoms with Gasteiger partial charge in [-0.05, 0) is 24.6 Å². The molecule has 0 radical (unpaired) electrons. The Morgan fingerprint density at radius 2 is 2.33 bits per heavy atom. The number of amides is 1. The van der Waals surface area contributed by atoms with E-state index in [1.165, 1.54) is 5.54 Å². The molecule has 1 rings (SSSR count). The highest BCUT2D eigenvalue weighted by molar-refractivity contribution is 6.25. The molecule has 0 aromatic heterocycles. The van der Waals surface area contributed by atoms with Gasteiger partial charge in [-0.3, -0.25) is 4.79 Å². The second-order valence-electron chi connectivity index (χ2n) is 4.56. The molecule has 1 amide bonds. The summed E-state index contributed by atoms with van der Waals surface area (Å²) in [4.78, 5) is 13.7. The van der Waals surface area contributed by atoms with Crippen LogP contribution >= 0.6 is 11.6 Å².